The molecule has 1 aliphatic carbocycles. The van der Waals surface area contributed by atoms with Crippen LogP contribution in [-0.4, -0.2) is 34.2 Å². The molecule has 104 valence electrons. The number of nitro groups is 1. The molecule has 0 radical (unpaired) electrons. The highest BCUT2D eigenvalue weighted by Gasteiger charge is 2.32. The van der Waals surface area contributed by atoms with Gasteiger partial charge in [-0.1, -0.05) is 12.8 Å². The third-order valence-electron chi connectivity index (χ3n) is 3.72. The van der Waals surface area contributed by atoms with Crippen molar-refractivity contribution >= 4 is 11.5 Å². The maximum Gasteiger partial charge on any atom is 0.290 e. The van der Waals surface area contributed by atoms with Crippen LogP contribution in [0, 0.1) is 17.0 Å². The van der Waals surface area contributed by atoms with Crippen LogP contribution >= 0.6 is 0 Å². The second-order valence-electron chi connectivity index (χ2n) is 5.37. The largest absolute Gasteiger partial charge is 0.388 e. The molecule has 0 saturated heterocycles. The fourth-order valence-corrected chi connectivity index (χ4v) is 2.65. The molecule has 0 amide bonds. The van der Waals surface area contributed by atoms with Crippen molar-refractivity contribution in [3.05, 3.63) is 27.9 Å². The highest BCUT2D eigenvalue weighted by Crippen LogP contribution is 2.31. The molecule has 19 heavy (non-hydrogen) atoms. The molecule has 1 heterocycles. The van der Waals surface area contributed by atoms with Gasteiger partial charge in [0, 0.05) is 19.2 Å². The predicted molar refractivity (Wildman–Crippen MR) is 72.3 cm³/mol. The Bertz CT molecular complexity index is 484. The average molecular weight is 265 g/mol. The summed E-state index contributed by atoms with van der Waals surface area (Å²) in [6.45, 7) is 2.21. The summed E-state index contributed by atoms with van der Waals surface area (Å²) >= 11 is 0. The highest BCUT2D eigenvalue weighted by atomic mass is 16.6. The van der Waals surface area contributed by atoms with E-state index in [2.05, 4.69) is 4.98 Å². The van der Waals surface area contributed by atoms with Crippen LogP contribution in [0.15, 0.2) is 12.3 Å². The monoisotopic (exact) mass is 265 g/mol. The zero-order chi connectivity index (χ0) is 14.0. The first-order valence-corrected chi connectivity index (χ1v) is 6.46. The molecule has 1 aromatic heterocycles. The number of anilines is 1. The van der Waals surface area contributed by atoms with E-state index >= 15 is 0 Å². The molecule has 0 atom stereocenters. The molecule has 0 unspecified atom stereocenters. The SMILES string of the molecule is Cc1cc(N(C)CC2(O)CCCC2)ncc1[N+](=O)[O-]. The van der Waals surface area contributed by atoms with Crippen LogP contribution in [0.4, 0.5) is 11.5 Å². The normalized spacial score (nSPS) is 17.4. The zero-order valence-corrected chi connectivity index (χ0v) is 11.3. The molecule has 1 saturated carbocycles. The van der Waals surface area contributed by atoms with Crippen molar-refractivity contribution in [3.8, 4) is 0 Å². The lowest BCUT2D eigenvalue weighted by molar-refractivity contribution is -0.385. The molecular weight excluding hydrogens is 246 g/mol. The van der Waals surface area contributed by atoms with Gasteiger partial charge in [0.2, 0.25) is 0 Å². The quantitative estimate of drug-likeness (QED) is 0.665. The van der Waals surface area contributed by atoms with Gasteiger partial charge in [0.1, 0.15) is 12.0 Å². The van der Waals surface area contributed by atoms with E-state index < -0.39 is 10.5 Å². The van der Waals surface area contributed by atoms with Gasteiger partial charge in [0.25, 0.3) is 5.69 Å². The summed E-state index contributed by atoms with van der Waals surface area (Å²) in [5.74, 6) is 0.656. The Balaban J connectivity index is 2.13. The fraction of sp³-hybridized carbons (Fsp3) is 0.615. The maximum absolute atomic E-state index is 10.7. The van der Waals surface area contributed by atoms with E-state index in [1.807, 2.05) is 11.9 Å². The van der Waals surface area contributed by atoms with E-state index in [1.54, 1.807) is 13.0 Å². The van der Waals surface area contributed by atoms with Crippen LogP contribution in [0.1, 0.15) is 31.2 Å². The van der Waals surface area contributed by atoms with Crippen molar-refractivity contribution < 1.29 is 10.0 Å². The molecular formula is C13H19N3O3. The smallest absolute Gasteiger partial charge is 0.290 e. The molecule has 0 bridgehead atoms. The van der Waals surface area contributed by atoms with Gasteiger partial charge in [-0.05, 0) is 25.8 Å². The van der Waals surface area contributed by atoms with Gasteiger partial charge in [-0.3, -0.25) is 10.1 Å². The minimum Gasteiger partial charge on any atom is -0.388 e. The standard InChI is InChI=1S/C13H19N3O3/c1-10-7-12(14-8-11(10)16(18)19)15(2)9-13(17)5-3-4-6-13/h7-8,17H,3-6,9H2,1-2H3. The molecule has 0 aromatic carbocycles. The molecule has 1 fully saturated rings. The van der Waals surface area contributed by atoms with Crippen LogP contribution in [0.5, 0.6) is 0 Å². The molecule has 0 aliphatic heterocycles. The third-order valence-corrected chi connectivity index (χ3v) is 3.72. The molecule has 1 N–H and O–H groups in total. The summed E-state index contributed by atoms with van der Waals surface area (Å²) in [7, 11) is 1.85. The molecule has 1 aliphatic rings. The second-order valence-corrected chi connectivity index (χ2v) is 5.37. The molecule has 1 aromatic rings. The van der Waals surface area contributed by atoms with Crippen molar-refractivity contribution in [2.24, 2.45) is 0 Å². The van der Waals surface area contributed by atoms with Gasteiger partial charge in [-0.15, -0.1) is 0 Å². The number of aromatic nitrogens is 1. The summed E-state index contributed by atoms with van der Waals surface area (Å²) in [6, 6.07) is 1.69. The highest BCUT2D eigenvalue weighted by molar-refractivity contribution is 5.48. The Labute approximate surface area is 112 Å². The first-order valence-electron chi connectivity index (χ1n) is 6.46. The summed E-state index contributed by atoms with van der Waals surface area (Å²) < 4.78 is 0. The van der Waals surface area contributed by atoms with E-state index in [4.69, 9.17) is 0 Å². The van der Waals surface area contributed by atoms with E-state index in [1.165, 1.54) is 6.20 Å². The number of rotatable bonds is 4. The predicted octanol–water partition coefficient (Wildman–Crippen LogP) is 2.04. The van der Waals surface area contributed by atoms with Crippen molar-refractivity contribution in [1.82, 2.24) is 4.98 Å². The van der Waals surface area contributed by atoms with Gasteiger partial charge in [0.15, 0.2) is 0 Å². The molecule has 2 rings (SSSR count). The number of pyridine rings is 1. The Morgan fingerprint density at radius 1 is 1.53 bits per heavy atom. The van der Waals surface area contributed by atoms with Crippen LogP contribution in [0.3, 0.4) is 0 Å². The van der Waals surface area contributed by atoms with E-state index in [-0.39, 0.29) is 5.69 Å². The number of likely N-dealkylation sites (N-methyl/N-ethyl adjacent to an activating group) is 1. The minimum absolute atomic E-state index is 0.0247. The summed E-state index contributed by atoms with van der Waals surface area (Å²) in [5.41, 5.74) is -0.0384. The lowest BCUT2D eigenvalue weighted by atomic mass is 10.0. The van der Waals surface area contributed by atoms with Crippen LogP contribution in [-0.2, 0) is 0 Å². The summed E-state index contributed by atoms with van der Waals surface area (Å²) in [4.78, 5) is 16.3. The lowest BCUT2D eigenvalue weighted by Gasteiger charge is -2.29. The number of hydrogen-bond acceptors (Lipinski definition) is 5. The van der Waals surface area contributed by atoms with Gasteiger partial charge >= 0.3 is 0 Å². The topological polar surface area (TPSA) is 79.5 Å². The van der Waals surface area contributed by atoms with Gasteiger partial charge < -0.3 is 10.0 Å². The van der Waals surface area contributed by atoms with Crippen LogP contribution in [0.25, 0.3) is 0 Å². The Morgan fingerprint density at radius 2 is 2.16 bits per heavy atom. The van der Waals surface area contributed by atoms with Gasteiger partial charge in [-0.25, -0.2) is 4.98 Å². The fourth-order valence-electron chi connectivity index (χ4n) is 2.65. The first kappa shape index (κ1) is 13.7. The zero-order valence-electron chi connectivity index (χ0n) is 11.3. The Morgan fingerprint density at radius 3 is 2.68 bits per heavy atom. The van der Waals surface area contributed by atoms with Gasteiger partial charge in [0.05, 0.1) is 10.5 Å². The summed E-state index contributed by atoms with van der Waals surface area (Å²) in [5, 5.41) is 21.1. The Hall–Kier alpha value is -1.69. The first-order chi connectivity index (χ1) is 8.91. The van der Waals surface area contributed by atoms with E-state index in [9.17, 15) is 15.2 Å². The number of aliphatic hydroxyl groups is 1. The maximum atomic E-state index is 10.7. The van der Waals surface area contributed by atoms with Crippen molar-refractivity contribution in [3.63, 3.8) is 0 Å². The third kappa shape index (κ3) is 3.01. The van der Waals surface area contributed by atoms with E-state index in [0.717, 1.165) is 25.7 Å². The number of nitrogens with zero attached hydrogens (tertiary/aromatic N) is 3. The molecule has 6 nitrogen and oxygen atoms in total. The molecule has 6 heteroatoms. The van der Waals surface area contributed by atoms with Crippen molar-refractivity contribution in [2.45, 2.75) is 38.2 Å². The summed E-state index contributed by atoms with van der Waals surface area (Å²) in [6.07, 6.45) is 5.00. The minimum atomic E-state index is -0.647. The van der Waals surface area contributed by atoms with E-state index in [0.29, 0.717) is 17.9 Å². The lowest BCUT2D eigenvalue weighted by Crippen LogP contribution is -2.39. The van der Waals surface area contributed by atoms with Crippen molar-refractivity contribution in [2.75, 3.05) is 18.5 Å². The second kappa shape index (κ2) is 5.13. The average Bonchev–Trinajstić information content (AvgIpc) is 2.75. The Kier molecular flexibility index (Phi) is 3.71. The molecule has 0 spiro atoms. The number of aryl methyl sites for hydroxylation is 1. The van der Waals surface area contributed by atoms with Crippen LogP contribution < -0.4 is 4.90 Å². The number of hydrogen-bond donors (Lipinski definition) is 1. The van der Waals surface area contributed by atoms with Crippen molar-refractivity contribution in [1.29, 1.82) is 0 Å². The van der Waals surface area contributed by atoms with Crippen LogP contribution in [0.2, 0.25) is 0 Å². The van der Waals surface area contributed by atoms with Gasteiger partial charge in [-0.2, -0.15) is 0 Å².